The number of anilines is 1. The van der Waals surface area contributed by atoms with Crippen LogP contribution < -0.4 is 10.1 Å². The van der Waals surface area contributed by atoms with E-state index in [0.717, 1.165) is 18.8 Å². The van der Waals surface area contributed by atoms with E-state index >= 15 is 0 Å². The minimum atomic E-state index is -0.0103. The first-order valence-corrected chi connectivity index (χ1v) is 6.06. The lowest BCUT2D eigenvalue weighted by atomic mass is 10.4. The van der Waals surface area contributed by atoms with E-state index in [-0.39, 0.29) is 6.10 Å². The van der Waals surface area contributed by atoms with Crippen LogP contribution in [0.1, 0.15) is 27.2 Å². The largest absolute Gasteiger partial charge is 0.472 e. The molecule has 17 heavy (non-hydrogen) atoms. The summed E-state index contributed by atoms with van der Waals surface area (Å²) in [6, 6.07) is 1.80. The van der Waals surface area contributed by atoms with E-state index in [9.17, 15) is 0 Å². The topological polar surface area (TPSA) is 56.3 Å². The van der Waals surface area contributed by atoms with Gasteiger partial charge in [0.1, 0.15) is 18.2 Å². The molecule has 5 heteroatoms. The predicted octanol–water partition coefficient (Wildman–Crippen LogP) is 2.10. The predicted molar refractivity (Wildman–Crippen MR) is 67.4 cm³/mol. The van der Waals surface area contributed by atoms with Crippen molar-refractivity contribution >= 4 is 5.82 Å². The fourth-order valence-corrected chi connectivity index (χ4v) is 1.28. The number of aromatic nitrogens is 2. The quantitative estimate of drug-likeness (QED) is 0.753. The van der Waals surface area contributed by atoms with E-state index in [2.05, 4.69) is 22.2 Å². The molecule has 1 unspecified atom stereocenters. The highest BCUT2D eigenvalue weighted by atomic mass is 16.5. The molecular formula is C12H21N3O2. The van der Waals surface area contributed by atoms with Gasteiger partial charge in [0.2, 0.25) is 5.88 Å². The van der Waals surface area contributed by atoms with Gasteiger partial charge in [-0.2, -0.15) is 0 Å². The smallest absolute Gasteiger partial charge is 0.218 e. The van der Waals surface area contributed by atoms with E-state index in [1.165, 1.54) is 6.33 Å². The van der Waals surface area contributed by atoms with Gasteiger partial charge in [-0.25, -0.2) is 9.97 Å². The third-order valence-electron chi connectivity index (χ3n) is 2.08. The van der Waals surface area contributed by atoms with Crippen LogP contribution in [0, 0.1) is 0 Å². The van der Waals surface area contributed by atoms with Crippen LogP contribution in [-0.2, 0) is 4.74 Å². The molecule has 0 radical (unpaired) electrons. The summed E-state index contributed by atoms with van der Waals surface area (Å²) >= 11 is 0. The van der Waals surface area contributed by atoms with Crippen LogP contribution in [-0.4, -0.2) is 35.8 Å². The molecule has 0 bridgehead atoms. The molecular weight excluding hydrogens is 218 g/mol. The number of rotatable bonds is 8. The third kappa shape index (κ3) is 5.49. The number of nitrogens with one attached hydrogen (secondary N) is 1. The van der Waals surface area contributed by atoms with E-state index in [1.54, 1.807) is 6.07 Å². The minimum absolute atomic E-state index is 0.0103. The standard InChI is InChI=1S/C12H21N3O2/c1-4-6-13-11-7-12(15-9-14-11)17-10(3)8-16-5-2/h7,9-10H,4-6,8H2,1-3H3,(H,13,14,15). The Hall–Kier alpha value is -1.36. The van der Waals surface area contributed by atoms with Crippen LogP contribution in [0.5, 0.6) is 5.88 Å². The Morgan fingerprint density at radius 3 is 2.88 bits per heavy atom. The fraction of sp³-hybridized carbons (Fsp3) is 0.667. The van der Waals surface area contributed by atoms with Crippen molar-refractivity contribution in [2.75, 3.05) is 25.1 Å². The highest BCUT2D eigenvalue weighted by molar-refractivity contribution is 5.36. The van der Waals surface area contributed by atoms with Gasteiger partial charge in [0, 0.05) is 19.2 Å². The number of ether oxygens (including phenoxy) is 2. The van der Waals surface area contributed by atoms with Crippen molar-refractivity contribution in [1.82, 2.24) is 9.97 Å². The lowest BCUT2D eigenvalue weighted by Crippen LogP contribution is -2.19. The first-order valence-electron chi connectivity index (χ1n) is 6.06. The molecule has 96 valence electrons. The SMILES string of the molecule is CCCNc1cc(OC(C)COCC)ncn1. The maximum absolute atomic E-state index is 5.62. The molecule has 0 aliphatic carbocycles. The van der Waals surface area contributed by atoms with Crippen LogP contribution in [0.2, 0.25) is 0 Å². The second kappa shape index (κ2) is 7.84. The van der Waals surface area contributed by atoms with Gasteiger partial charge in [0.15, 0.2) is 0 Å². The zero-order valence-corrected chi connectivity index (χ0v) is 10.8. The van der Waals surface area contributed by atoms with Crippen molar-refractivity contribution in [2.24, 2.45) is 0 Å². The molecule has 1 aromatic rings. The monoisotopic (exact) mass is 239 g/mol. The average molecular weight is 239 g/mol. The Bertz CT molecular complexity index is 320. The first-order chi connectivity index (χ1) is 8.26. The Balaban J connectivity index is 2.47. The summed E-state index contributed by atoms with van der Waals surface area (Å²) < 4.78 is 10.9. The van der Waals surface area contributed by atoms with E-state index < -0.39 is 0 Å². The zero-order valence-electron chi connectivity index (χ0n) is 10.8. The van der Waals surface area contributed by atoms with Gasteiger partial charge in [-0.1, -0.05) is 6.92 Å². The number of hydrogen-bond acceptors (Lipinski definition) is 5. The third-order valence-corrected chi connectivity index (χ3v) is 2.08. The Morgan fingerprint density at radius 1 is 1.35 bits per heavy atom. The van der Waals surface area contributed by atoms with Crippen molar-refractivity contribution in [1.29, 1.82) is 0 Å². The van der Waals surface area contributed by atoms with Gasteiger partial charge in [-0.15, -0.1) is 0 Å². The maximum Gasteiger partial charge on any atom is 0.218 e. The highest BCUT2D eigenvalue weighted by Crippen LogP contribution is 2.12. The molecule has 0 saturated heterocycles. The van der Waals surface area contributed by atoms with Gasteiger partial charge < -0.3 is 14.8 Å². The van der Waals surface area contributed by atoms with E-state index in [1.807, 2.05) is 13.8 Å². The second-order valence-electron chi connectivity index (χ2n) is 3.76. The fourth-order valence-electron chi connectivity index (χ4n) is 1.28. The molecule has 1 N–H and O–H groups in total. The minimum Gasteiger partial charge on any atom is -0.472 e. The van der Waals surface area contributed by atoms with Gasteiger partial charge in [-0.3, -0.25) is 0 Å². The summed E-state index contributed by atoms with van der Waals surface area (Å²) in [7, 11) is 0. The van der Waals surface area contributed by atoms with Gasteiger partial charge in [0.05, 0.1) is 6.61 Å². The molecule has 0 aliphatic heterocycles. The number of hydrogen-bond donors (Lipinski definition) is 1. The van der Waals surface area contributed by atoms with Crippen molar-refractivity contribution in [3.63, 3.8) is 0 Å². The second-order valence-corrected chi connectivity index (χ2v) is 3.76. The summed E-state index contributed by atoms with van der Waals surface area (Å²) in [6.07, 6.45) is 2.55. The molecule has 1 rings (SSSR count). The molecule has 0 aliphatic rings. The van der Waals surface area contributed by atoms with Crippen molar-refractivity contribution in [3.05, 3.63) is 12.4 Å². The highest BCUT2D eigenvalue weighted by Gasteiger charge is 2.05. The molecule has 0 aromatic carbocycles. The van der Waals surface area contributed by atoms with Crippen LogP contribution in [0.25, 0.3) is 0 Å². The van der Waals surface area contributed by atoms with Crippen molar-refractivity contribution < 1.29 is 9.47 Å². The summed E-state index contributed by atoms with van der Waals surface area (Å²) in [5, 5.41) is 3.19. The Kier molecular flexibility index (Phi) is 6.32. The lowest BCUT2D eigenvalue weighted by Gasteiger charge is -2.14. The van der Waals surface area contributed by atoms with Gasteiger partial charge in [0.25, 0.3) is 0 Å². The normalized spacial score (nSPS) is 12.2. The molecule has 5 nitrogen and oxygen atoms in total. The van der Waals surface area contributed by atoms with Crippen LogP contribution in [0.15, 0.2) is 12.4 Å². The van der Waals surface area contributed by atoms with E-state index in [0.29, 0.717) is 19.1 Å². The maximum atomic E-state index is 5.62. The van der Waals surface area contributed by atoms with E-state index in [4.69, 9.17) is 9.47 Å². The molecule has 0 saturated carbocycles. The molecule has 0 fully saturated rings. The first kappa shape index (κ1) is 13.7. The van der Waals surface area contributed by atoms with Crippen LogP contribution in [0.3, 0.4) is 0 Å². The summed E-state index contributed by atoms with van der Waals surface area (Å²) in [6.45, 7) is 8.18. The molecule has 1 aromatic heterocycles. The Morgan fingerprint density at radius 2 is 2.18 bits per heavy atom. The van der Waals surface area contributed by atoms with Crippen LogP contribution >= 0.6 is 0 Å². The van der Waals surface area contributed by atoms with Crippen molar-refractivity contribution in [3.8, 4) is 5.88 Å². The molecule has 0 amide bonds. The summed E-state index contributed by atoms with van der Waals surface area (Å²) in [5.74, 6) is 1.37. The summed E-state index contributed by atoms with van der Waals surface area (Å²) in [4.78, 5) is 8.18. The number of nitrogens with zero attached hydrogens (tertiary/aromatic N) is 2. The van der Waals surface area contributed by atoms with Crippen molar-refractivity contribution in [2.45, 2.75) is 33.3 Å². The molecule has 1 atom stereocenters. The Labute approximate surface area is 103 Å². The molecule has 0 spiro atoms. The summed E-state index contributed by atoms with van der Waals surface area (Å²) in [5.41, 5.74) is 0. The molecule has 1 heterocycles. The van der Waals surface area contributed by atoms with Gasteiger partial charge >= 0.3 is 0 Å². The van der Waals surface area contributed by atoms with Crippen LogP contribution in [0.4, 0.5) is 5.82 Å². The lowest BCUT2D eigenvalue weighted by molar-refractivity contribution is 0.0633. The zero-order chi connectivity index (χ0) is 12.5. The average Bonchev–Trinajstić information content (AvgIpc) is 2.34. The van der Waals surface area contributed by atoms with Gasteiger partial charge in [-0.05, 0) is 20.3 Å².